The number of nitrogens with one attached hydrogen (secondary N) is 2. The first-order chi connectivity index (χ1) is 11.5. The second-order valence-corrected chi connectivity index (χ2v) is 5.41. The largest absolute Gasteiger partial charge is 0.508 e. The maximum Gasteiger partial charge on any atom is 0.225 e. The lowest BCUT2D eigenvalue weighted by molar-refractivity contribution is -0.116. The molecule has 0 atom stereocenters. The highest BCUT2D eigenvalue weighted by atomic mass is 16.6. The fourth-order valence-electron chi connectivity index (χ4n) is 2.06. The molecular weight excluding hydrogens is 308 g/mol. The van der Waals surface area contributed by atoms with Crippen molar-refractivity contribution < 1.29 is 14.7 Å². The summed E-state index contributed by atoms with van der Waals surface area (Å²) in [7, 11) is 0. The van der Waals surface area contributed by atoms with Crippen LogP contribution in [-0.4, -0.2) is 21.0 Å². The summed E-state index contributed by atoms with van der Waals surface area (Å²) in [5, 5.41) is 12.5. The van der Waals surface area contributed by atoms with Crippen molar-refractivity contribution in [2.45, 2.75) is 40.2 Å². The van der Waals surface area contributed by atoms with Crippen molar-refractivity contribution in [3.8, 4) is 11.5 Å². The summed E-state index contributed by atoms with van der Waals surface area (Å²) < 4.78 is 0. The molecule has 3 N–H and O–H groups in total. The molecule has 0 aliphatic heterocycles. The number of phenolic OH excluding ortho intramolecular Hbond substituents is 1. The normalized spacial score (nSPS) is 10.5. The second kappa shape index (κ2) is 8.26. The first kappa shape index (κ1) is 17.7. The predicted octanol–water partition coefficient (Wildman–Crippen LogP) is 2.62. The maximum absolute atomic E-state index is 11.8. The number of nitrogens with zero attached hydrogens (tertiary/aromatic N) is 2. The number of hydroxylamine groups is 1. The van der Waals surface area contributed by atoms with Crippen LogP contribution in [0.1, 0.15) is 36.7 Å². The highest BCUT2D eigenvalue weighted by molar-refractivity contribution is 5.90. The third-order valence-corrected chi connectivity index (χ3v) is 3.42. The lowest BCUT2D eigenvalue weighted by Crippen LogP contribution is -2.21. The summed E-state index contributed by atoms with van der Waals surface area (Å²) in [4.78, 5) is 25.7. The SMILES string of the molecule is CCCC(=O)Nc1nc(C)ncc1CNOc1cccc(O)c1C. The lowest BCUT2D eigenvalue weighted by Gasteiger charge is -2.13. The minimum Gasteiger partial charge on any atom is -0.508 e. The number of aromatic hydroxyl groups is 1. The number of hydrogen-bond donors (Lipinski definition) is 3. The van der Waals surface area contributed by atoms with Gasteiger partial charge >= 0.3 is 0 Å². The molecule has 1 aromatic carbocycles. The van der Waals surface area contributed by atoms with E-state index >= 15 is 0 Å². The van der Waals surface area contributed by atoms with Gasteiger partial charge in [0.15, 0.2) is 5.75 Å². The average Bonchev–Trinajstić information content (AvgIpc) is 2.53. The van der Waals surface area contributed by atoms with E-state index in [1.54, 1.807) is 38.2 Å². The van der Waals surface area contributed by atoms with Crippen LogP contribution >= 0.6 is 0 Å². The summed E-state index contributed by atoms with van der Waals surface area (Å²) >= 11 is 0. The summed E-state index contributed by atoms with van der Waals surface area (Å²) in [6, 6.07) is 5.04. The summed E-state index contributed by atoms with van der Waals surface area (Å²) in [6.07, 6.45) is 2.86. The fourth-order valence-corrected chi connectivity index (χ4v) is 2.06. The van der Waals surface area contributed by atoms with Crippen LogP contribution in [0.3, 0.4) is 0 Å². The van der Waals surface area contributed by atoms with Gasteiger partial charge in [0.2, 0.25) is 5.91 Å². The van der Waals surface area contributed by atoms with Crippen LogP contribution in [0.5, 0.6) is 11.5 Å². The van der Waals surface area contributed by atoms with Gasteiger partial charge in [0.1, 0.15) is 17.4 Å². The zero-order chi connectivity index (χ0) is 17.5. The van der Waals surface area contributed by atoms with Gasteiger partial charge in [-0.25, -0.2) is 9.97 Å². The maximum atomic E-state index is 11.8. The average molecular weight is 330 g/mol. The van der Waals surface area contributed by atoms with Crippen LogP contribution in [0, 0.1) is 13.8 Å². The van der Waals surface area contributed by atoms with Crippen molar-refractivity contribution in [2.24, 2.45) is 0 Å². The molecule has 1 aromatic heterocycles. The zero-order valence-electron chi connectivity index (χ0n) is 14.1. The number of hydrogen-bond acceptors (Lipinski definition) is 6. The molecule has 0 unspecified atom stereocenters. The van der Waals surface area contributed by atoms with Crippen LogP contribution in [-0.2, 0) is 11.3 Å². The van der Waals surface area contributed by atoms with E-state index in [2.05, 4.69) is 20.8 Å². The zero-order valence-corrected chi connectivity index (χ0v) is 14.1. The van der Waals surface area contributed by atoms with Crippen molar-refractivity contribution in [1.82, 2.24) is 15.4 Å². The van der Waals surface area contributed by atoms with Gasteiger partial charge in [0, 0.05) is 23.7 Å². The molecule has 0 spiro atoms. The number of carbonyl (C=O) groups excluding carboxylic acids is 1. The first-order valence-corrected chi connectivity index (χ1v) is 7.82. The number of aryl methyl sites for hydroxylation is 1. The molecule has 0 aliphatic rings. The van der Waals surface area contributed by atoms with E-state index in [-0.39, 0.29) is 11.7 Å². The Morgan fingerprint density at radius 1 is 1.33 bits per heavy atom. The quantitative estimate of drug-likeness (QED) is 0.675. The fraction of sp³-hybridized carbons (Fsp3) is 0.353. The Morgan fingerprint density at radius 2 is 2.12 bits per heavy atom. The molecule has 128 valence electrons. The minimum atomic E-state index is -0.0819. The number of aromatic nitrogens is 2. The Kier molecular flexibility index (Phi) is 6.08. The molecule has 2 aromatic rings. The van der Waals surface area contributed by atoms with Gasteiger partial charge in [-0.1, -0.05) is 13.0 Å². The van der Waals surface area contributed by atoms with Crippen LogP contribution in [0.2, 0.25) is 0 Å². The van der Waals surface area contributed by atoms with Crippen molar-refractivity contribution in [3.63, 3.8) is 0 Å². The Bertz CT molecular complexity index is 719. The summed E-state index contributed by atoms with van der Waals surface area (Å²) in [5.74, 6) is 1.67. The monoisotopic (exact) mass is 330 g/mol. The molecular formula is C17H22N4O3. The molecule has 0 radical (unpaired) electrons. The number of amides is 1. The van der Waals surface area contributed by atoms with E-state index in [1.165, 1.54) is 0 Å². The van der Waals surface area contributed by atoms with Gasteiger partial charge in [0.05, 0.1) is 6.54 Å². The van der Waals surface area contributed by atoms with E-state index in [4.69, 9.17) is 4.84 Å². The second-order valence-electron chi connectivity index (χ2n) is 5.41. The lowest BCUT2D eigenvalue weighted by atomic mass is 10.2. The topological polar surface area (TPSA) is 96.4 Å². The van der Waals surface area contributed by atoms with E-state index in [1.807, 2.05) is 6.92 Å². The Labute approximate surface area is 141 Å². The minimum absolute atomic E-state index is 0.0819. The number of benzene rings is 1. The van der Waals surface area contributed by atoms with Crippen molar-refractivity contribution in [2.75, 3.05) is 5.32 Å². The number of rotatable bonds is 7. The standard InChI is InChI=1S/C17H22N4O3/c1-4-6-16(23)21-17-13(9-18-12(3)20-17)10-19-24-15-8-5-7-14(22)11(15)2/h5,7-9,19,22H,4,6,10H2,1-3H3,(H,18,20,21,23). The van der Waals surface area contributed by atoms with Crippen molar-refractivity contribution in [1.29, 1.82) is 0 Å². The summed E-state index contributed by atoms with van der Waals surface area (Å²) in [5.41, 5.74) is 4.16. The van der Waals surface area contributed by atoms with Gasteiger partial charge in [0.25, 0.3) is 0 Å². The van der Waals surface area contributed by atoms with Crippen LogP contribution in [0.25, 0.3) is 0 Å². The molecule has 0 saturated carbocycles. The third-order valence-electron chi connectivity index (χ3n) is 3.42. The van der Waals surface area contributed by atoms with Crippen LogP contribution < -0.4 is 15.6 Å². The van der Waals surface area contributed by atoms with E-state index < -0.39 is 0 Å². The summed E-state index contributed by atoms with van der Waals surface area (Å²) in [6.45, 7) is 5.77. The van der Waals surface area contributed by atoms with E-state index in [0.717, 1.165) is 6.42 Å². The Balaban J connectivity index is 2.04. The van der Waals surface area contributed by atoms with Gasteiger partial charge in [-0.2, -0.15) is 5.48 Å². The molecule has 0 aliphatic carbocycles. The van der Waals surface area contributed by atoms with Gasteiger partial charge < -0.3 is 15.3 Å². The smallest absolute Gasteiger partial charge is 0.225 e. The molecule has 0 saturated heterocycles. The van der Waals surface area contributed by atoms with Crippen LogP contribution in [0.15, 0.2) is 24.4 Å². The van der Waals surface area contributed by atoms with E-state index in [9.17, 15) is 9.90 Å². The predicted molar refractivity (Wildman–Crippen MR) is 90.6 cm³/mol. The van der Waals surface area contributed by atoms with Gasteiger partial charge in [-0.15, -0.1) is 0 Å². The molecule has 7 nitrogen and oxygen atoms in total. The molecule has 2 rings (SSSR count). The van der Waals surface area contributed by atoms with Gasteiger partial charge in [-0.05, 0) is 32.4 Å². The molecule has 0 fully saturated rings. The highest BCUT2D eigenvalue weighted by Crippen LogP contribution is 2.25. The molecule has 7 heteroatoms. The molecule has 1 amide bonds. The number of anilines is 1. The van der Waals surface area contributed by atoms with Crippen molar-refractivity contribution >= 4 is 11.7 Å². The Hall–Kier alpha value is -2.67. The van der Waals surface area contributed by atoms with E-state index in [0.29, 0.717) is 41.5 Å². The molecule has 24 heavy (non-hydrogen) atoms. The third kappa shape index (κ3) is 4.66. The first-order valence-electron chi connectivity index (χ1n) is 7.82. The Morgan fingerprint density at radius 3 is 2.88 bits per heavy atom. The number of phenols is 1. The molecule has 1 heterocycles. The number of carbonyl (C=O) groups is 1. The highest BCUT2D eigenvalue weighted by Gasteiger charge is 2.10. The van der Waals surface area contributed by atoms with Crippen LogP contribution in [0.4, 0.5) is 5.82 Å². The van der Waals surface area contributed by atoms with Gasteiger partial charge in [-0.3, -0.25) is 4.79 Å². The van der Waals surface area contributed by atoms with Crippen molar-refractivity contribution in [3.05, 3.63) is 41.3 Å². The molecule has 0 bridgehead atoms.